The molecular formula is C16H16ClNO2. The summed E-state index contributed by atoms with van der Waals surface area (Å²) in [6.07, 6.45) is 0.841. The number of hydrogen-bond acceptors (Lipinski definition) is 2. The van der Waals surface area contributed by atoms with Gasteiger partial charge in [-0.3, -0.25) is 4.79 Å². The molecule has 0 aliphatic heterocycles. The van der Waals surface area contributed by atoms with Gasteiger partial charge in [0, 0.05) is 11.3 Å². The van der Waals surface area contributed by atoms with Gasteiger partial charge in [-0.2, -0.15) is 0 Å². The number of nitrogens with one attached hydrogen (secondary N) is 1. The summed E-state index contributed by atoms with van der Waals surface area (Å²) in [6.45, 7) is 4.00. The van der Waals surface area contributed by atoms with Crippen LogP contribution in [-0.4, -0.2) is 11.0 Å². The van der Waals surface area contributed by atoms with Crippen molar-refractivity contribution in [1.29, 1.82) is 0 Å². The van der Waals surface area contributed by atoms with Crippen molar-refractivity contribution < 1.29 is 9.90 Å². The number of benzene rings is 2. The van der Waals surface area contributed by atoms with Gasteiger partial charge in [-0.05, 0) is 42.7 Å². The lowest BCUT2D eigenvalue weighted by Gasteiger charge is -2.13. The van der Waals surface area contributed by atoms with Crippen LogP contribution in [0.1, 0.15) is 28.4 Å². The molecule has 0 atom stereocenters. The summed E-state index contributed by atoms with van der Waals surface area (Å²) in [5.41, 5.74) is 3.35. The Kier molecular flexibility index (Phi) is 4.30. The Balaban J connectivity index is 2.30. The van der Waals surface area contributed by atoms with Crippen molar-refractivity contribution in [3.63, 3.8) is 0 Å². The highest BCUT2D eigenvalue weighted by Gasteiger charge is 2.12. The Hall–Kier alpha value is -2.00. The van der Waals surface area contributed by atoms with Gasteiger partial charge in [-0.1, -0.05) is 36.7 Å². The normalized spacial score (nSPS) is 10.3. The van der Waals surface area contributed by atoms with Crippen LogP contribution in [0, 0.1) is 6.92 Å². The maximum absolute atomic E-state index is 12.2. The Morgan fingerprint density at radius 1 is 1.30 bits per heavy atom. The number of carbonyl (C=O) groups is 1. The smallest absolute Gasteiger partial charge is 0.255 e. The fraction of sp³-hybridized carbons (Fsp3) is 0.188. The summed E-state index contributed by atoms with van der Waals surface area (Å²) >= 11 is 5.82. The van der Waals surface area contributed by atoms with Gasteiger partial charge >= 0.3 is 0 Å². The lowest BCUT2D eigenvalue weighted by molar-refractivity contribution is 0.102. The predicted octanol–water partition coefficient (Wildman–Crippen LogP) is 4.17. The summed E-state index contributed by atoms with van der Waals surface area (Å²) in [4.78, 5) is 12.2. The summed E-state index contributed by atoms with van der Waals surface area (Å²) in [6, 6.07) is 10.3. The Labute approximate surface area is 123 Å². The van der Waals surface area contributed by atoms with E-state index in [9.17, 15) is 9.90 Å². The number of phenols is 1. The van der Waals surface area contributed by atoms with Crippen molar-refractivity contribution in [2.45, 2.75) is 20.3 Å². The molecule has 0 spiro atoms. The summed E-state index contributed by atoms with van der Waals surface area (Å²) < 4.78 is 0. The number of rotatable bonds is 3. The van der Waals surface area contributed by atoms with Crippen LogP contribution in [0.3, 0.4) is 0 Å². The van der Waals surface area contributed by atoms with Gasteiger partial charge in [-0.25, -0.2) is 0 Å². The standard InChI is InChI=1S/C16H16ClNO2/c1-3-11-6-4-5-10(2)15(11)18-16(20)12-7-8-14(19)13(17)9-12/h4-9,19H,3H2,1-2H3,(H,18,20). The highest BCUT2D eigenvalue weighted by Crippen LogP contribution is 2.25. The zero-order valence-electron chi connectivity index (χ0n) is 11.4. The molecule has 0 aromatic heterocycles. The molecule has 20 heavy (non-hydrogen) atoms. The monoisotopic (exact) mass is 289 g/mol. The van der Waals surface area contributed by atoms with Crippen LogP contribution in [0.5, 0.6) is 5.75 Å². The molecular weight excluding hydrogens is 274 g/mol. The lowest BCUT2D eigenvalue weighted by atomic mass is 10.1. The van der Waals surface area contributed by atoms with Gasteiger partial charge in [0.15, 0.2) is 0 Å². The molecule has 0 saturated heterocycles. The van der Waals surface area contributed by atoms with Crippen molar-refractivity contribution in [2.75, 3.05) is 5.32 Å². The maximum Gasteiger partial charge on any atom is 0.255 e. The molecule has 0 aliphatic rings. The Morgan fingerprint density at radius 2 is 2.05 bits per heavy atom. The Bertz CT molecular complexity index is 653. The molecule has 104 valence electrons. The number of aryl methyl sites for hydroxylation is 2. The van der Waals surface area contributed by atoms with E-state index in [0.29, 0.717) is 5.56 Å². The largest absolute Gasteiger partial charge is 0.506 e. The predicted molar refractivity (Wildman–Crippen MR) is 81.6 cm³/mol. The van der Waals surface area contributed by atoms with E-state index < -0.39 is 0 Å². The summed E-state index contributed by atoms with van der Waals surface area (Å²) in [5.74, 6) is -0.274. The van der Waals surface area contributed by atoms with Crippen LogP contribution in [-0.2, 0) is 6.42 Å². The minimum absolute atomic E-state index is 0.0339. The number of carbonyl (C=O) groups excluding carboxylic acids is 1. The molecule has 2 aromatic rings. The summed E-state index contributed by atoms with van der Waals surface area (Å²) in [5, 5.41) is 12.5. The number of aromatic hydroxyl groups is 1. The molecule has 2 N–H and O–H groups in total. The van der Waals surface area contributed by atoms with E-state index in [1.165, 1.54) is 12.1 Å². The second kappa shape index (κ2) is 5.97. The average molecular weight is 290 g/mol. The maximum atomic E-state index is 12.2. The molecule has 0 bridgehead atoms. The fourth-order valence-electron chi connectivity index (χ4n) is 2.04. The fourth-order valence-corrected chi connectivity index (χ4v) is 2.22. The molecule has 3 nitrogen and oxygen atoms in total. The van der Waals surface area contributed by atoms with Crippen molar-refractivity contribution >= 4 is 23.2 Å². The van der Waals surface area contributed by atoms with Gasteiger partial charge in [0.2, 0.25) is 0 Å². The third-order valence-corrected chi connectivity index (χ3v) is 3.49. The first-order valence-electron chi connectivity index (χ1n) is 6.41. The quantitative estimate of drug-likeness (QED) is 0.891. The van der Waals surface area contributed by atoms with E-state index in [-0.39, 0.29) is 16.7 Å². The first kappa shape index (κ1) is 14.4. The first-order valence-corrected chi connectivity index (χ1v) is 6.79. The van der Waals surface area contributed by atoms with Gasteiger partial charge in [0.05, 0.1) is 5.02 Å². The number of hydrogen-bond donors (Lipinski definition) is 2. The van der Waals surface area contributed by atoms with Crippen LogP contribution in [0.25, 0.3) is 0 Å². The van der Waals surface area contributed by atoms with Crippen molar-refractivity contribution in [1.82, 2.24) is 0 Å². The molecule has 0 heterocycles. The lowest BCUT2D eigenvalue weighted by Crippen LogP contribution is -2.14. The molecule has 4 heteroatoms. The second-order valence-corrected chi connectivity index (χ2v) is 4.99. The van der Waals surface area contributed by atoms with Gasteiger partial charge in [-0.15, -0.1) is 0 Å². The molecule has 0 aliphatic carbocycles. The zero-order chi connectivity index (χ0) is 14.7. The van der Waals surface area contributed by atoms with Crippen molar-refractivity contribution in [3.8, 4) is 5.75 Å². The van der Waals surface area contributed by atoms with Crippen LogP contribution in [0.4, 0.5) is 5.69 Å². The van der Waals surface area contributed by atoms with Gasteiger partial charge < -0.3 is 10.4 Å². The molecule has 0 fully saturated rings. The van der Waals surface area contributed by atoms with Crippen molar-refractivity contribution in [3.05, 3.63) is 58.1 Å². The first-order chi connectivity index (χ1) is 9.52. The van der Waals surface area contributed by atoms with Crippen molar-refractivity contribution in [2.24, 2.45) is 0 Å². The highest BCUT2D eigenvalue weighted by molar-refractivity contribution is 6.32. The molecule has 0 saturated carbocycles. The number of anilines is 1. The SMILES string of the molecule is CCc1cccc(C)c1NC(=O)c1ccc(O)c(Cl)c1. The van der Waals surface area contributed by atoms with Gasteiger partial charge in [0.25, 0.3) is 5.91 Å². The van der Waals surface area contributed by atoms with Crippen LogP contribution in [0.15, 0.2) is 36.4 Å². The van der Waals surface area contributed by atoms with Crippen LogP contribution < -0.4 is 5.32 Å². The topological polar surface area (TPSA) is 49.3 Å². The highest BCUT2D eigenvalue weighted by atomic mass is 35.5. The van der Waals surface area contributed by atoms with E-state index >= 15 is 0 Å². The molecule has 0 radical (unpaired) electrons. The van der Waals surface area contributed by atoms with E-state index in [1.54, 1.807) is 6.07 Å². The van der Waals surface area contributed by atoms with E-state index in [1.807, 2.05) is 32.0 Å². The minimum Gasteiger partial charge on any atom is -0.506 e. The second-order valence-electron chi connectivity index (χ2n) is 4.58. The third kappa shape index (κ3) is 2.94. The average Bonchev–Trinajstić information content (AvgIpc) is 2.44. The van der Waals surface area contributed by atoms with E-state index in [2.05, 4.69) is 5.32 Å². The molecule has 2 rings (SSSR count). The molecule has 1 amide bonds. The molecule has 2 aromatic carbocycles. The number of amides is 1. The van der Waals surface area contributed by atoms with Crippen LogP contribution >= 0.6 is 11.6 Å². The number of halogens is 1. The minimum atomic E-state index is -0.240. The zero-order valence-corrected chi connectivity index (χ0v) is 12.2. The van der Waals surface area contributed by atoms with E-state index in [0.717, 1.165) is 23.2 Å². The van der Waals surface area contributed by atoms with Crippen LogP contribution in [0.2, 0.25) is 5.02 Å². The summed E-state index contributed by atoms with van der Waals surface area (Å²) in [7, 11) is 0. The number of phenolic OH excluding ortho intramolecular Hbond substituents is 1. The molecule has 0 unspecified atom stereocenters. The van der Waals surface area contributed by atoms with Gasteiger partial charge in [0.1, 0.15) is 5.75 Å². The third-order valence-electron chi connectivity index (χ3n) is 3.19. The van der Waals surface area contributed by atoms with E-state index in [4.69, 9.17) is 11.6 Å². The Morgan fingerprint density at radius 3 is 2.70 bits per heavy atom. The number of para-hydroxylation sites is 1.